The number of pyridine rings is 2. The van der Waals surface area contributed by atoms with Gasteiger partial charge < -0.3 is 23.5 Å². The molecule has 1 aromatic carbocycles. The maximum absolute atomic E-state index is 12.1. The van der Waals surface area contributed by atoms with E-state index in [2.05, 4.69) is 11.1 Å². The monoisotopic (exact) mass is 444 g/mol. The van der Waals surface area contributed by atoms with Crippen molar-refractivity contribution < 1.29 is 19.0 Å². The van der Waals surface area contributed by atoms with Crippen LogP contribution in [0.5, 0.6) is 17.4 Å². The van der Waals surface area contributed by atoms with Gasteiger partial charge in [0.25, 0.3) is 0 Å². The van der Waals surface area contributed by atoms with Crippen molar-refractivity contribution in [1.82, 2.24) is 14.3 Å². The zero-order valence-electron chi connectivity index (χ0n) is 18.7. The van der Waals surface area contributed by atoms with Gasteiger partial charge in [0.2, 0.25) is 5.88 Å². The standard InChI is InChI=1S/C25H24N4O4/c1-4-31-23-9-8-17(16-27-23)10-12-32-22-14-18(33-25(30)28(2)3)13-21-24(22)19(15-26)20-7-5-6-11-29(20)21/h5-9,11,13-14,16H,4,10,12H2,1-3H3. The maximum atomic E-state index is 12.1. The van der Waals surface area contributed by atoms with Gasteiger partial charge in [0, 0.05) is 51.1 Å². The van der Waals surface area contributed by atoms with Crippen LogP contribution >= 0.6 is 0 Å². The predicted octanol–water partition coefficient (Wildman–Crippen LogP) is 4.44. The number of benzene rings is 1. The number of hydrogen-bond donors (Lipinski definition) is 0. The first kappa shape index (κ1) is 22.0. The highest BCUT2D eigenvalue weighted by molar-refractivity contribution is 6.00. The molecule has 4 rings (SSSR count). The van der Waals surface area contributed by atoms with Gasteiger partial charge in [0.05, 0.1) is 35.2 Å². The van der Waals surface area contributed by atoms with E-state index in [1.807, 2.05) is 47.9 Å². The highest BCUT2D eigenvalue weighted by Gasteiger charge is 2.19. The minimum Gasteiger partial charge on any atom is -0.492 e. The third-order valence-electron chi connectivity index (χ3n) is 5.10. The molecule has 4 aromatic rings. The molecule has 0 aliphatic carbocycles. The Labute approximate surface area is 191 Å². The lowest BCUT2D eigenvalue weighted by atomic mass is 10.1. The third-order valence-corrected chi connectivity index (χ3v) is 5.10. The molecule has 0 aliphatic rings. The zero-order valence-corrected chi connectivity index (χ0v) is 18.7. The average Bonchev–Trinajstić information content (AvgIpc) is 3.14. The van der Waals surface area contributed by atoms with Crippen molar-refractivity contribution in [3.8, 4) is 23.4 Å². The number of carbonyl (C=O) groups is 1. The number of rotatable bonds is 7. The normalized spacial score (nSPS) is 10.7. The van der Waals surface area contributed by atoms with Crippen LogP contribution in [0.4, 0.5) is 4.79 Å². The molecule has 0 radical (unpaired) electrons. The van der Waals surface area contributed by atoms with Gasteiger partial charge >= 0.3 is 6.09 Å². The molecule has 0 unspecified atom stereocenters. The van der Waals surface area contributed by atoms with Crippen molar-refractivity contribution in [3.63, 3.8) is 0 Å². The van der Waals surface area contributed by atoms with E-state index in [1.54, 1.807) is 32.4 Å². The summed E-state index contributed by atoms with van der Waals surface area (Å²) in [5.41, 5.74) is 2.98. The third kappa shape index (κ3) is 4.53. The van der Waals surface area contributed by atoms with Crippen molar-refractivity contribution in [2.75, 3.05) is 27.3 Å². The fraction of sp³-hybridized carbons (Fsp3) is 0.240. The van der Waals surface area contributed by atoms with E-state index in [0.717, 1.165) is 16.6 Å². The van der Waals surface area contributed by atoms with Crippen LogP contribution in [0.2, 0.25) is 0 Å². The summed E-state index contributed by atoms with van der Waals surface area (Å²) in [4.78, 5) is 17.8. The van der Waals surface area contributed by atoms with Gasteiger partial charge in [-0.3, -0.25) is 0 Å². The molecule has 1 amide bonds. The fourth-order valence-corrected chi connectivity index (χ4v) is 3.55. The lowest BCUT2D eigenvalue weighted by molar-refractivity contribution is 0.172. The molecule has 33 heavy (non-hydrogen) atoms. The van der Waals surface area contributed by atoms with Gasteiger partial charge in [0.1, 0.15) is 17.6 Å². The van der Waals surface area contributed by atoms with Gasteiger partial charge in [-0.1, -0.05) is 12.1 Å². The molecule has 168 valence electrons. The van der Waals surface area contributed by atoms with E-state index >= 15 is 0 Å². The lowest BCUT2D eigenvalue weighted by Gasteiger charge is -2.13. The summed E-state index contributed by atoms with van der Waals surface area (Å²) in [6.45, 7) is 2.83. The van der Waals surface area contributed by atoms with Crippen LogP contribution in [0, 0.1) is 11.3 Å². The molecule has 0 fully saturated rings. The van der Waals surface area contributed by atoms with Crippen molar-refractivity contribution in [3.05, 3.63) is 66.0 Å². The van der Waals surface area contributed by atoms with Crippen LogP contribution in [-0.4, -0.2) is 47.7 Å². The van der Waals surface area contributed by atoms with E-state index in [4.69, 9.17) is 14.2 Å². The summed E-state index contributed by atoms with van der Waals surface area (Å²) in [6, 6.07) is 15.1. The molecule has 8 heteroatoms. The minimum absolute atomic E-state index is 0.340. The van der Waals surface area contributed by atoms with Crippen molar-refractivity contribution in [2.45, 2.75) is 13.3 Å². The van der Waals surface area contributed by atoms with E-state index in [1.165, 1.54) is 4.90 Å². The predicted molar refractivity (Wildman–Crippen MR) is 124 cm³/mol. The van der Waals surface area contributed by atoms with Gasteiger partial charge in [-0.05, 0) is 24.6 Å². The highest BCUT2D eigenvalue weighted by Crippen LogP contribution is 2.37. The van der Waals surface area contributed by atoms with E-state index in [9.17, 15) is 10.1 Å². The summed E-state index contributed by atoms with van der Waals surface area (Å²) in [5.74, 6) is 1.40. The Bertz CT molecular complexity index is 1340. The fourth-order valence-electron chi connectivity index (χ4n) is 3.55. The second-order valence-corrected chi connectivity index (χ2v) is 7.56. The first-order chi connectivity index (χ1) is 16.0. The van der Waals surface area contributed by atoms with Crippen LogP contribution in [-0.2, 0) is 6.42 Å². The molecular weight excluding hydrogens is 420 g/mol. The first-order valence-corrected chi connectivity index (χ1v) is 10.6. The molecule has 8 nitrogen and oxygen atoms in total. The largest absolute Gasteiger partial charge is 0.492 e. The Morgan fingerprint density at radius 1 is 1.15 bits per heavy atom. The van der Waals surface area contributed by atoms with Gasteiger partial charge in [0.15, 0.2) is 0 Å². The number of aromatic nitrogens is 2. The molecular formula is C25H24N4O4. The number of fused-ring (bicyclic) bond motifs is 3. The molecule has 0 saturated heterocycles. The SMILES string of the molecule is CCOc1ccc(CCOc2cc(OC(=O)N(C)C)cc3c2c(C#N)c2ccccn23)cn1. The van der Waals surface area contributed by atoms with Crippen molar-refractivity contribution in [2.24, 2.45) is 0 Å². The minimum atomic E-state index is -0.498. The van der Waals surface area contributed by atoms with E-state index in [-0.39, 0.29) is 0 Å². The summed E-state index contributed by atoms with van der Waals surface area (Å²) < 4.78 is 18.9. The lowest BCUT2D eigenvalue weighted by Crippen LogP contribution is -2.25. The number of amides is 1. The van der Waals surface area contributed by atoms with Gasteiger partial charge in [-0.25, -0.2) is 9.78 Å². The maximum Gasteiger partial charge on any atom is 0.414 e. The Kier molecular flexibility index (Phi) is 6.31. The van der Waals surface area contributed by atoms with Crippen LogP contribution in [0.25, 0.3) is 16.4 Å². The zero-order chi connectivity index (χ0) is 23.4. The number of nitrogens with zero attached hydrogens (tertiary/aromatic N) is 4. The second-order valence-electron chi connectivity index (χ2n) is 7.56. The summed E-state index contributed by atoms with van der Waals surface area (Å²) in [6.07, 6.45) is 3.73. The number of ether oxygens (including phenoxy) is 3. The molecule has 0 spiro atoms. The van der Waals surface area contributed by atoms with Gasteiger partial charge in [-0.15, -0.1) is 0 Å². The number of nitriles is 1. The van der Waals surface area contributed by atoms with Crippen LogP contribution in [0.3, 0.4) is 0 Å². The molecule has 0 N–H and O–H groups in total. The van der Waals surface area contributed by atoms with E-state index in [0.29, 0.717) is 48.0 Å². The van der Waals surface area contributed by atoms with Crippen LogP contribution < -0.4 is 14.2 Å². The Morgan fingerprint density at radius 2 is 2.00 bits per heavy atom. The Morgan fingerprint density at radius 3 is 2.70 bits per heavy atom. The molecule has 3 aromatic heterocycles. The summed E-state index contributed by atoms with van der Waals surface area (Å²) >= 11 is 0. The molecule has 0 aliphatic heterocycles. The summed E-state index contributed by atoms with van der Waals surface area (Å²) in [5, 5.41) is 10.6. The first-order valence-electron chi connectivity index (χ1n) is 10.6. The van der Waals surface area contributed by atoms with Crippen molar-refractivity contribution >= 4 is 22.5 Å². The Hall–Kier alpha value is -4.25. The molecule has 0 saturated carbocycles. The van der Waals surface area contributed by atoms with Crippen LogP contribution in [0.1, 0.15) is 18.1 Å². The topological polar surface area (TPSA) is 89.1 Å². The van der Waals surface area contributed by atoms with Crippen LogP contribution in [0.15, 0.2) is 54.9 Å². The average molecular weight is 444 g/mol. The quantitative estimate of drug-likeness (QED) is 0.419. The second kappa shape index (κ2) is 9.49. The molecule has 0 bridgehead atoms. The highest BCUT2D eigenvalue weighted by atomic mass is 16.6. The molecule has 0 atom stereocenters. The summed E-state index contributed by atoms with van der Waals surface area (Å²) in [7, 11) is 3.23. The number of carbonyl (C=O) groups excluding carboxylic acids is 1. The van der Waals surface area contributed by atoms with Gasteiger partial charge in [-0.2, -0.15) is 5.26 Å². The van der Waals surface area contributed by atoms with Crippen molar-refractivity contribution in [1.29, 1.82) is 5.26 Å². The number of hydrogen-bond acceptors (Lipinski definition) is 6. The van der Waals surface area contributed by atoms with E-state index < -0.39 is 6.09 Å². The Balaban J connectivity index is 1.68. The molecule has 3 heterocycles. The smallest absolute Gasteiger partial charge is 0.414 e.